The molecule has 0 saturated carbocycles. The van der Waals surface area contributed by atoms with E-state index >= 15 is 0 Å². The Morgan fingerprint density at radius 2 is 1.80 bits per heavy atom. The normalized spacial score (nSPS) is 17.0. The lowest BCUT2D eigenvalue weighted by molar-refractivity contribution is 0.442. The van der Waals surface area contributed by atoms with Crippen LogP contribution in [0, 0.1) is 5.41 Å². The topological polar surface area (TPSA) is 17.1 Å². The molecular weight excluding hydrogens is 204 g/mol. The van der Waals surface area contributed by atoms with Crippen LogP contribution in [-0.2, 0) is 9.93 Å². The Kier molecular flexibility index (Phi) is 4.72. The summed E-state index contributed by atoms with van der Waals surface area (Å²) >= 11 is 0. The van der Waals surface area contributed by atoms with Gasteiger partial charge in [0.1, 0.15) is 0 Å². The summed E-state index contributed by atoms with van der Waals surface area (Å²) in [6, 6.07) is 0. The molecule has 15 heavy (non-hydrogen) atoms. The van der Waals surface area contributed by atoms with E-state index in [4.69, 9.17) is 0 Å². The Balaban J connectivity index is 5.29. The molecule has 88 valence electrons. The van der Waals surface area contributed by atoms with Gasteiger partial charge in [0.2, 0.25) is 0 Å². The molecule has 0 N–H and O–H groups in total. The number of hydrogen-bond donors (Lipinski definition) is 1. The minimum Gasteiger partial charge on any atom is -0.285 e. The summed E-state index contributed by atoms with van der Waals surface area (Å²) < 4.78 is 12.1. The van der Waals surface area contributed by atoms with E-state index in [1.807, 2.05) is 31.6 Å². The summed E-state index contributed by atoms with van der Waals surface area (Å²) in [7, 11) is -2.09. The third kappa shape index (κ3) is 3.45. The third-order valence-corrected chi connectivity index (χ3v) is 5.75. The number of hydrogen-bond acceptors (Lipinski definition) is 1. The van der Waals surface area contributed by atoms with Crippen molar-refractivity contribution in [3.63, 3.8) is 0 Å². The minimum absolute atomic E-state index is 0.130. The second kappa shape index (κ2) is 4.93. The zero-order valence-corrected chi connectivity index (χ0v) is 11.5. The predicted octanol–water partition coefficient (Wildman–Crippen LogP) is 2.98. The van der Waals surface area contributed by atoms with Crippen molar-refractivity contribution in [3.05, 3.63) is 37.0 Å². The Morgan fingerprint density at radius 3 is 2.07 bits per heavy atom. The van der Waals surface area contributed by atoms with Crippen LogP contribution in [0.1, 0.15) is 20.8 Å². The van der Waals surface area contributed by atoms with Crippen LogP contribution in [0.5, 0.6) is 0 Å². The van der Waals surface area contributed by atoms with Gasteiger partial charge in [-0.3, -0.25) is 4.21 Å². The van der Waals surface area contributed by atoms with Crippen LogP contribution < -0.4 is 0 Å². The fourth-order valence-corrected chi connectivity index (χ4v) is 3.39. The molecule has 1 unspecified atom stereocenters. The highest BCUT2D eigenvalue weighted by molar-refractivity contribution is 8.02. The standard InChI is InChI=1S/C13H24OS/c1-8-10-12(9-2)13(4,5)11(3)15(6,7)14/h8-11,15H,1-2H2,3-7H3/b12-10+. The van der Waals surface area contributed by atoms with Gasteiger partial charge in [-0.15, -0.1) is 9.93 Å². The second-order valence-electron chi connectivity index (χ2n) is 4.89. The average molecular weight is 228 g/mol. The van der Waals surface area contributed by atoms with Gasteiger partial charge in [0.25, 0.3) is 0 Å². The van der Waals surface area contributed by atoms with Crippen molar-refractivity contribution >= 4 is 9.93 Å². The number of rotatable bonds is 5. The lowest BCUT2D eigenvalue weighted by atomic mass is 9.81. The van der Waals surface area contributed by atoms with E-state index in [1.165, 1.54) is 0 Å². The van der Waals surface area contributed by atoms with Crippen molar-refractivity contribution in [1.29, 1.82) is 0 Å². The molecule has 0 aromatic carbocycles. The molecule has 0 aromatic rings. The van der Waals surface area contributed by atoms with E-state index in [-0.39, 0.29) is 10.7 Å². The molecule has 0 rings (SSSR count). The summed E-state index contributed by atoms with van der Waals surface area (Å²) in [6.45, 7) is 13.7. The van der Waals surface area contributed by atoms with Gasteiger partial charge in [-0.1, -0.05) is 52.2 Å². The second-order valence-corrected chi connectivity index (χ2v) is 8.54. The first-order valence-corrected chi connectivity index (χ1v) is 7.85. The molecular formula is C13H24OS. The zero-order valence-electron chi connectivity index (χ0n) is 10.6. The van der Waals surface area contributed by atoms with Gasteiger partial charge in [0.05, 0.1) is 0 Å². The monoisotopic (exact) mass is 228 g/mol. The fourth-order valence-electron chi connectivity index (χ4n) is 1.69. The van der Waals surface area contributed by atoms with E-state index in [1.54, 1.807) is 6.08 Å². The SMILES string of the molecule is C=C/C=C(\C=C)C(C)(C)C(C)[SH](C)(C)=O. The average Bonchev–Trinajstić information content (AvgIpc) is 2.11. The quantitative estimate of drug-likeness (QED) is 0.565. The minimum atomic E-state index is -2.09. The molecule has 0 fully saturated rings. The van der Waals surface area contributed by atoms with E-state index in [0.717, 1.165) is 5.57 Å². The molecule has 1 atom stereocenters. The maximum absolute atomic E-state index is 12.1. The third-order valence-electron chi connectivity index (χ3n) is 3.24. The summed E-state index contributed by atoms with van der Waals surface area (Å²) in [5.41, 5.74) is 0.962. The molecule has 0 aromatic heterocycles. The highest BCUT2D eigenvalue weighted by Crippen LogP contribution is 2.36. The van der Waals surface area contributed by atoms with Crippen LogP contribution in [0.3, 0.4) is 0 Å². The first kappa shape index (κ1) is 14.4. The van der Waals surface area contributed by atoms with E-state index in [2.05, 4.69) is 27.0 Å². The number of allylic oxidation sites excluding steroid dienone is 4. The van der Waals surface area contributed by atoms with Gasteiger partial charge in [-0.25, -0.2) is 0 Å². The van der Waals surface area contributed by atoms with Crippen molar-refractivity contribution in [3.8, 4) is 0 Å². The molecule has 0 amide bonds. The highest BCUT2D eigenvalue weighted by Gasteiger charge is 2.33. The summed E-state index contributed by atoms with van der Waals surface area (Å²) in [6.07, 6.45) is 9.21. The van der Waals surface area contributed by atoms with Gasteiger partial charge >= 0.3 is 0 Å². The van der Waals surface area contributed by atoms with Crippen LogP contribution in [-0.4, -0.2) is 22.0 Å². The van der Waals surface area contributed by atoms with Crippen LogP contribution in [0.15, 0.2) is 37.0 Å². The highest BCUT2D eigenvalue weighted by atomic mass is 32.2. The van der Waals surface area contributed by atoms with Crippen LogP contribution in [0.4, 0.5) is 0 Å². The van der Waals surface area contributed by atoms with Gasteiger partial charge in [-0.05, 0) is 18.1 Å². The molecule has 0 aliphatic rings. The Labute approximate surface area is 95.4 Å². The largest absolute Gasteiger partial charge is 0.285 e. The molecule has 0 spiro atoms. The predicted molar refractivity (Wildman–Crippen MR) is 73.1 cm³/mol. The molecule has 0 radical (unpaired) electrons. The Bertz CT molecular complexity index is 317. The molecule has 0 heterocycles. The van der Waals surface area contributed by atoms with E-state index < -0.39 is 9.93 Å². The first-order valence-electron chi connectivity index (χ1n) is 5.18. The van der Waals surface area contributed by atoms with Crippen LogP contribution in [0.25, 0.3) is 0 Å². The lowest BCUT2D eigenvalue weighted by Gasteiger charge is -2.38. The van der Waals surface area contributed by atoms with Crippen LogP contribution in [0.2, 0.25) is 0 Å². The van der Waals surface area contributed by atoms with Crippen LogP contribution >= 0.6 is 0 Å². The van der Waals surface area contributed by atoms with Gasteiger partial charge < -0.3 is 0 Å². The van der Waals surface area contributed by atoms with E-state index in [9.17, 15) is 4.21 Å². The summed E-state index contributed by atoms with van der Waals surface area (Å²) in [4.78, 5) is 0. The van der Waals surface area contributed by atoms with Gasteiger partial charge in [0.15, 0.2) is 0 Å². The summed E-state index contributed by atoms with van der Waals surface area (Å²) in [5.74, 6) is 0. The maximum atomic E-state index is 12.1. The van der Waals surface area contributed by atoms with Gasteiger partial charge in [-0.2, -0.15) is 0 Å². The maximum Gasteiger partial charge on any atom is 0.0185 e. The molecule has 0 aliphatic carbocycles. The molecule has 2 heteroatoms. The molecule has 0 aliphatic heterocycles. The smallest absolute Gasteiger partial charge is 0.0185 e. The number of thiol groups is 1. The summed E-state index contributed by atoms with van der Waals surface area (Å²) in [5, 5.41) is 0.134. The van der Waals surface area contributed by atoms with Crippen molar-refractivity contribution in [2.75, 3.05) is 12.5 Å². The molecule has 1 nitrogen and oxygen atoms in total. The molecule has 0 saturated heterocycles. The Hall–Kier alpha value is -0.630. The fraction of sp³-hybridized carbons (Fsp3) is 0.538. The lowest BCUT2D eigenvalue weighted by Crippen LogP contribution is -2.38. The zero-order chi connectivity index (χ0) is 12.3. The van der Waals surface area contributed by atoms with Gasteiger partial charge in [0, 0.05) is 10.7 Å². The molecule has 0 bridgehead atoms. The Morgan fingerprint density at radius 1 is 1.33 bits per heavy atom. The van der Waals surface area contributed by atoms with Crippen molar-refractivity contribution < 1.29 is 4.21 Å². The van der Waals surface area contributed by atoms with Crippen molar-refractivity contribution in [2.24, 2.45) is 5.41 Å². The van der Waals surface area contributed by atoms with Crippen molar-refractivity contribution in [2.45, 2.75) is 26.0 Å². The first-order chi connectivity index (χ1) is 6.67. The van der Waals surface area contributed by atoms with Crippen molar-refractivity contribution in [1.82, 2.24) is 0 Å². The van der Waals surface area contributed by atoms with E-state index in [0.29, 0.717) is 0 Å².